The molecule has 0 saturated carbocycles. The molecule has 182 valence electrons. The van der Waals surface area contributed by atoms with Crippen molar-refractivity contribution >= 4 is 34.2 Å². The summed E-state index contributed by atoms with van der Waals surface area (Å²) < 4.78 is 0. The predicted octanol–water partition coefficient (Wildman–Crippen LogP) is 4.52. The molecule has 2 aliphatic rings. The minimum atomic E-state index is -1.31. The smallest absolute Gasteiger partial charge is 0.319 e. The molecule has 1 atom stereocenters. The fourth-order valence-corrected chi connectivity index (χ4v) is 6.33. The number of amides is 4. The average Bonchev–Trinajstić information content (AvgIpc) is 3.21. The van der Waals surface area contributed by atoms with E-state index in [1.54, 1.807) is 0 Å². The van der Waals surface area contributed by atoms with E-state index in [2.05, 4.69) is 16.7 Å². The van der Waals surface area contributed by atoms with Gasteiger partial charge in [-0.25, -0.2) is 4.79 Å². The van der Waals surface area contributed by atoms with Crippen LogP contribution in [0.25, 0.3) is 0 Å². The molecule has 36 heavy (non-hydrogen) atoms. The Morgan fingerprint density at radius 2 is 1.72 bits per heavy atom. The van der Waals surface area contributed by atoms with E-state index in [0.29, 0.717) is 16.1 Å². The Bertz CT molecular complexity index is 1350. The zero-order chi connectivity index (χ0) is 25.1. The SMILES string of the molecule is N#Cc1c(NC(=O)CN2C(=O)NC(Cc3ccccc3)(c3ccccc3)C2=O)sc2c1CCCCC2. The standard InChI is InChI=1S/C28H26N4O3S/c29-17-22-21-14-8-3-9-15-23(21)36-25(22)30-24(33)18-32-26(34)28(31-27(32)35,20-12-6-2-7-13-20)16-19-10-4-1-5-11-19/h1-2,4-7,10-13H,3,8-9,14-16,18H2,(H,30,33)(H,31,35). The third kappa shape index (κ3) is 4.38. The van der Waals surface area contributed by atoms with Gasteiger partial charge in [0.1, 0.15) is 17.6 Å². The lowest BCUT2D eigenvalue weighted by molar-refractivity contribution is -0.134. The fourth-order valence-electron chi connectivity index (χ4n) is 5.07. The number of imide groups is 1. The lowest BCUT2D eigenvalue weighted by atomic mass is 9.83. The molecule has 7 nitrogen and oxygen atoms in total. The largest absolute Gasteiger partial charge is 0.325 e. The molecule has 0 radical (unpaired) electrons. The minimum absolute atomic E-state index is 0.261. The Labute approximate surface area is 213 Å². The second-order valence-corrected chi connectivity index (χ2v) is 10.3. The van der Waals surface area contributed by atoms with Crippen LogP contribution in [0.2, 0.25) is 0 Å². The van der Waals surface area contributed by atoms with Gasteiger partial charge in [0.15, 0.2) is 5.54 Å². The molecular formula is C28H26N4O3S. The number of nitriles is 1. The first-order valence-corrected chi connectivity index (χ1v) is 12.9. The molecule has 2 aromatic carbocycles. The summed E-state index contributed by atoms with van der Waals surface area (Å²) in [7, 11) is 0. The number of urea groups is 1. The van der Waals surface area contributed by atoms with Crippen LogP contribution in [-0.4, -0.2) is 29.3 Å². The lowest BCUT2D eigenvalue weighted by Crippen LogP contribution is -2.46. The van der Waals surface area contributed by atoms with Crippen LogP contribution >= 0.6 is 11.3 Å². The van der Waals surface area contributed by atoms with Crippen LogP contribution in [-0.2, 0) is 34.4 Å². The Balaban J connectivity index is 1.39. The van der Waals surface area contributed by atoms with E-state index in [4.69, 9.17) is 0 Å². The molecule has 0 bridgehead atoms. The number of anilines is 1. The summed E-state index contributed by atoms with van der Waals surface area (Å²) in [6.07, 6.45) is 5.21. The van der Waals surface area contributed by atoms with Crippen molar-refractivity contribution in [3.8, 4) is 6.07 Å². The quantitative estimate of drug-likeness (QED) is 0.385. The highest BCUT2D eigenvalue weighted by atomic mass is 32.1. The zero-order valence-electron chi connectivity index (χ0n) is 19.8. The molecule has 1 aliphatic carbocycles. The van der Waals surface area contributed by atoms with Crippen molar-refractivity contribution in [2.75, 3.05) is 11.9 Å². The van der Waals surface area contributed by atoms with E-state index >= 15 is 0 Å². The fraction of sp³-hybridized carbons (Fsp3) is 0.286. The van der Waals surface area contributed by atoms with Crippen molar-refractivity contribution in [1.82, 2.24) is 10.2 Å². The summed E-state index contributed by atoms with van der Waals surface area (Å²) in [5, 5.41) is 15.9. The molecule has 3 aromatic rings. The number of nitrogens with zero attached hydrogens (tertiary/aromatic N) is 2. The van der Waals surface area contributed by atoms with Gasteiger partial charge in [-0.15, -0.1) is 11.3 Å². The van der Waals surface area contributed by atoms with Crippen LogP contribution < -0.4 is 10.6 Å². The van der Waals surface area contributed by atoms with Gasteiger partial charge < -0.3 is 10.6 Å². The van der Waals surface area contributed by atoms with Crippen molar-refractivity contribution in [3.63, 3.8) is 0 Å². The predicted molar refractivity (Wildman–Crippen MR) is 137 cm³/mol. The Hall–Kier alpha value is -3.96. The third-order valence-electron chi connectivity index (χ3n) is 6.84. The molecule has 5 rings (SSSR count). The van der Waals surface area contributed by atoms with E-state index in [0.717, 1.165) is 53.0 Å². The van der Waals surface area contributed by atoms with Crippen LogP contribution in [0.15, 0.2) is 60.7 Å². The number of hydrogen-bond acceptors (Lipinski definition) is 5. The molecule has 1 aromatic heterocycles. The van der Waals surface area contributed by atoms with Gasteiger partial charge in [-0.2, -0.15) is 5.26 Å². The topological polar surface area (TPSA) is 102 Å². The molecule has 1 aliphatic heterocycles. The molecule has 1 unspecified atom stereocenters. The molecule has 1 fully saturated rings. The van der Waals surface area contributed by atoms with Crippen molar-refractivity contribution in [2.45, 2.75) is 44.1 Å². The van der Waals surface area contributed by atoms with Crippen LogP contribution in [0.5, 0.6) is 0 Å². The minimum Gasteiger partial charge on any atom is -0.319 e. The van der Waals surface area contributed by atoms with Gasteiger partial charge in [0.05, 0.1) is 5.56 Å². The normalized spacial score (nSPS) is 19.2. The molecule has 0 spiro atoms. The second kappa shape index (κ2) is 9.96. The first-order chi connectivity index (χ1) is 17.5. The van der Waals surface area contributed by atoms with E-state index in [1.807, 2.05) is 60.7 Å². The van der Waals surface area contributed by atoms with Gasteiger partial charge in [0.2, 0.25) is 5.91 Å². The lowest BCUT2D eigenvalue weighted by Gasteiger charge is -2.27. The van der Waals surface area contributed by atoms with E-state index in [9.17, 15) is 19.6 Å². The molecule has 8 heteroatoms. The van der Waals surface area contributed by atoms with Gasteiger partial charge in [0.25, 0.3) is 5.91 Å². The number of aryl methyl sites for hydroxylation is 1. The maximum Gasteiger partial charge on any atom is 0.325 e. The summed E-state index contributed by atoms with van der Waals surface area (Å²) in [5.74, 6) is -0.977. The first kappa shape index (κ1) is 23.8. The molecule has 2 N–H and O–H groups in total. The monoisotopic (exact) mass is 498 g/mol. The number of benzene rings is 2. The molecule has 2 heterocycles. The Morgan fingerprint density at radius 3 is 2.44 bits per heavy atom. The number of rotatable bonds is 6. The average molecular weight is 499 g/mol. The van der Waals surface area contributed by atoms with Crippen molar-refractivity contribution in [3.05, 3.63) is 87.8 Å². The number of nitrogens with one attached hydrogen (secondary N) is 2. The summed E-state index contributed by atoms with van der Waals surface area (Å²) in [6.45, 7) is -0.429. The third-order valence-corrected chi connectivity index (χ3v) is 8.05. The highest BCUT2D eigenvalue weighted by Gasteiger charge is 2.52. The van der Waals surface area contributed by atoms with Gasteiger partial charge in [0, 0.05) is 11.3 Å². The van der Waals surface area contributed by atoms with E-state index < -0.39 is 29.9 Å². The second-order valence-electron chi connectivity index (χ2n) is 9.18. The highest BCUT2D eigenvalue weighted by Crippen LogP contribution is 2.37. The summed E-state index contributed by atoms with van der Waals surface area (Å²) in [4.78, 5) is 41.9. The van der Waals surface area contributed by atoms with E-state index in [1.165, 1.54) is 11.3 Å². The molecule has 1 saturated heterocycles. The number of hydrogen-bond donors (Lipinski definition) is 2. The Morgan fingerprint density at radius 1 is 1.03 bits per heavy atom. The maximum atomic E-state index is 13.8. The van der Waals surface area contributed by atoms with Gasteiger partial charge in [-0.1, -0.05) is 67.1 Å². The highest BCUT2D eigenvalue weighted by molar-refractivity contribution is 7.16. The van der Waals surface area contributed by atoms with E-state index in [-0.39, 0.29) is 6.42 Å². The van der Waals surface area contributed by atoms with Gasteiger partial charge in [-0.05, 0) is 42.4 Å². The van der Waals surface area contributed by atoms with Gasteiger partial charge in [-0.3, -0.25) is 14.5 Å². The maximum absolute atomic E-state index is 13.8. The van der Waals surface area contributed by atoms with Crippen LogP contribution in [0, 0.1) is 11.3 Å². The summed E-state index contributed by atoms with van der Waals surface area (Å²) in [5.41, 5.74) is 1.77. The van der Waals surface area contributed by atoms with Crippen molar-refractivity contribution in [1.29, 1.82) is 5.26 Å². The van der Waals surface area contributed by atoms with Crippen LogP contribution in [0.3, 0.4) is 0 Å². The summed E-state index contributed by atoms with van der Waals surface area (Å²) >= 11 is 1.43. The summed E-state index contributed by atoms with van der Waals surface area (Å²) in [6, 6.07) is 20.2. The van der Waals surface area contributed by atoms with Crippen LogP contribution in [0.4, 0.5) is 9.80 Å². The number of thiophene rings is 1. The van der Waals surface area contributed by atoms with Crippen LogP contribution in [0.1, 0.15) is 46.4 Å². The number of carbonyl (C=O) groups excluding carboxylic acids is 3. The molecular weight excluding hydrogens is 472 g/mol. The van der Waals surface area contributed by atoms with Gasteiger partial charge >= 0.3 is 6.03 Å². The molecule has 4 amide bonds. The van der Waals surface area contributed by atoms with Crippen molar-refractivity contribution in [2.24, 2.45) is 0 Å². The Kier molecular flexibility index (Phi) is 6.57. The number of fused-ring (bicyclic) bond motifs is 1. The first-order valence-electron chi connectivity index (χ1n) is 12.1. The zero-order valence-corrected chi connectivity index (χ0v) is 20.6. The van der Waals surface area contributed by atoms with Crippen molar-refractivity contribution < 1.29 is 14.4 Å². The number of carbonyl (C=O) groups is 3.